The lowest BCUT2D eigenvalue weighted by Crippen LogP contribution is -2.48. The third-order valence-electron chi connectivity index (χ3n) is 3.52. The number of nitrogens with two attached hydrogens (primary N) is 1. The van der Waals surface area contributed by atoms with Crippen molar-refractivity contribution in [2.75, 3.05) is 13.7 Å². The molecule has 0 saturated carbocycles. The lowest BCUT2D eigenvalue weighted by atomic mass is 9.94. The van der Waals surface area contributed by atoms with E-state index in [1.807, 2.05) is 18.2 Å². The SMILES string of the molecule is COC(=O)C1CCN(Cc2ccccc2)C(N)C1. The Balaban J connectivity index is 1.92. The van der Waals surface area contributed by atoms with Gasteiger partial charge in [-0.2, -0.15) is 0 Å². The first kappa shape index (κ1) is 13.1. The van der Waals surface area contributed by atoms with Gasteiger partial charge in [-0.3, -0.25) is 9.69 Å². The summed E-state index contributed by atoms with van der Waals surface area (Å²) in [6.45, 7) is 1.69. The lowest BCUT2D eigenvalue weighted by Gasteiger charge is -2.36. The van der Waals surface area contributed by atoms with Crippen molar-refractivity contribution >= 4 is 5.97 Å². The summed E-state index contributed by atoms with van der Waals surface area (Å²) < 4.78 is 4.78. The van der Waals surface area contributed by atoms with Gasteiger partial charge in [-0.25, -0.2) is 0 Å². The molecule has 2 atom stereocenters. The van der Waals surface area contributed by atoms with Crippen LogP contribution < -0.4 is 5.73 Å². The van der Waals surface area contributed by atoms with E-state index in [9.17, 15) is 4.79 Å². The van der Waals surface area contributed by atoms with E-state index in [0.717, 1.165) is 19.5 Å². The van der Waals surface area contributed by atoms with Gasteiger partial charge in [0.15, 0.2) is 0 Å². The smallest absolute Gasteiger partial charge is 0.308 e. The number of benzene rings is 1. The third kappa shape index (κ3) is 3.09. The van der Waals surface area contributed by atoms with Crippen molar-refractivity contribution in [3.8, 4) is 0 Å². The summed E-state index contributed by atoms with van der Waals surface area (Å²) in [5, 5.41) is 0. The average Bonchev–Trinajstić information content (AvgIpc) is 2.41. The Morgan fingerprint density at radius 3 is 2.78 bits per heavy atom. The molecule has 0 aliphatic carbocycles. The zero-order valence-electron chi connectivity index (χ0n) is 10.7. The van der Waals surface area contributed by atoms with Crippen LogP contribution in [0.25, 0.3) is 0 Å². The molecule has 1 aromatic rings. The third-order valence-corrected chi connectivity index (χ3v) is 3.52. The number of carbonyl (C=O) groups is 1. The Hall–Kier alpha value is -1.39. The molecule has 0 amide bonds. The van der Waals surface area contributed by atoms with Crippen LogP contribution in [0.15, 0.2) is 30.3 Å². The molecule has 4 nitrogen and oxygen atoms in total. The molecular formula is C14H20N2O2. The molecule has 4 heteroatoms. The van der Waals surface area contributed by atoms with Crippen LogP contribution in [0.1, 0.15) is 18.4 Å². The number of hydrogen-bond donors (Lipinski definition) is 1. The molecule has 0 bridgehead atoms. The maximum atomic E-state index is 11.5. The molecule has 18 heavy (non-hydrogen) atoms. The zero-order valence-corrected chi connectivity index (χ0v) is 10.7. The highest BCUT2D eigenvalue weighted by Gasteiger charge is 2.30. The van der Waals surface area contributed by atoms with E-state index in [2.05, 4.69) is 17.0 Å². The number of esters is 1. The van der Waals surface area contributed by atoms with E-state index < -0.39 is 0 Å². The molecule has 2 unspecified atom stereocenters. The highest BCUT2D eigenvalue weighted by molar-refractivity contribution is 5.72. The highest BCUT2D eigenvalue weighted by atomic mass is 16.5. The molecule has 1 saturated heterocycles. The molecule has 98 valence electrons. The summed E-state index contributed by atoms with van der Waals surface area (Å²) in [5.41, 5.74) is 7.38. The van der Waals surface area contributed by atoms with Gasteiger partial charge in [-0.05, 0) is 18.4 Å². The zero-order chi connectivity index (χ0) is 13.0. The number of methoxy groups -OCH3 is 1. The molecular weight excluding hydrogens is 228 g/mol. The van der Waals surface area contributed by atoms with E-state index in [1.165, 1.54) is 12.7 Å². The maximum absolute atomic E-state index is 11.5. The summed E-state index contributed by atoms with van der Waals surface area (Å²) in [6, 6.07) is 10.3. The molecule has 1 heterocycles. The Labute approximate surface area is 108 Å². The van der Waals surface area contributed by atoms with Crippen LogP contribution in [-0.2, 0) is 16.1 Å². The predicted octanol–water partition coefficient (Wildman–Crippen LogP) is 1.36. The van der Waals surface area contributed by atoms with Gasteiger partial charge < -0.3 is 10.5 Å². The van der Waals surface area contributed by atoms with E-state index >= 15 is 0 Å². The Kier molecular flexibility index (Phi) is 4.33. The standard InChI is InChI=1S/C14H20N2O2/c1-18-14(17)12-7-8-16(13(15)9-12)10-11-5-3-2-4-6-11/h2-6,12-13H,7-10,15H2,1H3. The van der Waals surface area contributed by atoms with E-state index in [0.29, 0.717) is 6.42 Å². The number of carbonyl (C=O) groups excluding carboxylic acids is 1. The van der Waals surface area contributed by atoms with Gasteiger partial charge in [0.1, 0.15) is 0 Å². The average molecular weight is 248 g/mol. The van der Waals surface area contributed by atoms with Crippen molar-refractivity contribution < 1.29 is 9.53 Å². The first-order chi connectivity index (χ1) is 8.70. The monoisotopic (exact) mass is 248 g/mol. The van der Waals surface area contributed by atoms with Crippen LogP contribution in [0.3, 0.4) is 0 Å². The second kappa shape index (κ2) is 5.98. The molecule has 0 spiro atoms. The minimum atomic E-state index is -0.134. The topological polar surface area (TPSA) is 55.6 Å². The van der Waals surface area contributed by atoms with E-state index in [-0.39, 0.29) is 18.1 Å². The van der Waals surface area contributed by atoms with Crippen LogP contribution >= 0.6 is 0 Å². The second-order valence-corrected chi connectivity index (χ2v) is 4.77. The van der Waals surface area contributed by atoms with Gasteiger partial charge in [0.2, 0.25) is 0 Å². The molecule has 2 rings (SSSR count). The van der Waals surface area contributed by atoms with Crippen LogP contribution in [0.2, 0.25) is 0 Å². The Bertz CT molecular complexity index is 394. The molecule has 1 aromatic carbocycles. The molecule has 1 fully saturated rings. The van der Waals surface area contributed by atoms with Crippen molar-refractivity contribution in [1.29, 1.82) is 0 Å². The van der Waals surface area contributed by atoms with Crippen molar-refractivity contribution in [2.24, 2.45) is 11.7 Å². The highest BCUT2D eigenvalue weighted by Crippen LogP contribution is 2.22. The number of nitrogens with zero attached hydrogens (tertiary/aromatic N) is 1. The molecule has 0 aromatic heterocycles. The molecule has 1 aliphatic rings. The fourth-order valence-corrected chi connectivity index (χ4v) is 2.44. The first-order valence-corrected chi connectivity index (χ1v) is 6.32. The summed E-state index contributed by atoms with van der Waals surface area (Å²) in [7, 11) is 1.43. The summed E-state index contributed by atoms with van der Waals surface area (Å²) in [6.07, 6.45) is 1.44. The minimum absolute atomic E-state index is 0.0444. The van der Waals surface area contributed by atoms with Crippen molar-refractivity contribution in [2.45, 2.75) is 25.6 Å². The molecule has 0 radical (unpaired) electrons. The van der Waals surface area contributed by atoms with Crippen LogP contribution in [-0.4, -0.2) is 30.7 Å². The Morgan fingerprint density at radius 1 is 1.44 bits per heavy atom. The largest absolute Gasteiger partial charge is 0.469 e. The fraction of sp³-hybridized carbons (Fsp3) is 0.500. The van der Waals surface area contributed by atoms with Crippen molar-refractivity contribution in [3.05, 3.63) is 35.9 Å². The lowest BCUT2D eigenvalue weighted by molar-refractivity contribution is -0.147. The maximum Gasteiger partial charge on any atom is 0.308 e. The van der Waals surface area contributed by atoms with E-state index in [1.54, 1.807) is 0 Å². The minimum Gasteiger partial charge on any atom is -0.469 e. The van der Waals surface area contributed by atoms with Crippen LogP contribution in [0, 0.1) is 5.92 Å². The summed E-state index contributed by atoms with van der Waals surface area (Å²) >= 11 is 0. The quantitative estimate of drug-likeness (QED) is 0.821. The van der Waals surface area contributed by atoms with Gasteiger partial charge >= 0.3 is 5.97 Å². The van der Waals surface area contributed by atoms with Gasteiger partial charge in [-0.1, -0.05) is 30.3 Å². The normalized spacial score (nSPS) is 24.8. The number of hydrogen-bond acceptors (Lipinski definition) is 4. The summed E-state index contributed by atoms with van der Waals surface area (Å²) in [5.74, 6) is -0.179. The van der Waals surface area contributed by atoms with Crippen LogP contribution in [0.4, 0.5) is 0 Å². The first-order valence-electron chi connectivity index (χ1n) is 6.32. The van der Waals surface area contributed by atoms with E-state index in [4.69, 9.17) is 10.5 Å². The van der Waals surface area contributed by atoms with Gasteiger partial charge in [0.25, 0.3) is 0 Å². The number of rotatable bonds is 3. The van der Waals surface area contributed by atoms with Gasteiger partial charge in [-0.15, -0.1) is 0 Å². The second-order valence-electron chi connectivity index (χ2n) is 4.77. The Morgan fingerprint density at radius 2 is 2.17 bits per heavy atom. The number of ether oxygens (including phenoxy) is 1. The van der Waals surface area contributed by atoms with Crippen molar-refractivity contribution in [1.82, 2.24) is 4.90 Å². The van der Waals surface area contributed by atoms with Gasteiger partial charge in [0, 0.05) is 13.1 Å². The number of likely N-dealkylation sites (tertiary alicyclic amines) is 1. The molecule has 1 aliphatic heterocycles. The van der Waals surface area contributed by atoms with Crippen molar-refractivity contribution in [3.63, 3.8) is 0 Å². The predicted molar refractivity (Wildman–Crippen MR) is 69.6 cm³/mol. The van der Waals surface area contributed by atoms with Crippen LogP contribution in [0.5, 0.6) is 0 Å². The number of piperidine rings is 1. The summed E-state index contributed by atoms with van der Waals surface area (Å²) in [4.78, 5) is 13.7. The molecule has 2 N–H and O–H groups in total. The van der Waals surface area contributed by atoms with Gasteiger partial charge in [0.05, 0.1) is 19.2 Å². The fourth-order valence-electron chi connectivity index (χ4n) is 2.44.